The number of thioether (sulfide) groups is 1. The van der Waals surface area contributed by atoms with Crippen molar-refractivity contribution in [2.75, 3.05) is 0 Å². The second kappa shape index (κ2) is 10.8. The Hall–Kier alpha value is -3.64. The predicted molar refractivity (Wildman–Crippen MR) is 134 cm³/mol. The first kappa shape index (κ1) is 26.4. The van der Waals surface area contributed by atoms with Crippen molar-refractivity contribution < 1.29 is 37.1 Å². The predicted octanol–water partition coefficient (Wildman–Crippen LogP) is 5.08. The fourth-order valence-electron chi connectivity index (χ4n) is 3.55. The minimum atomic E-state index is -5.21. The molecule has 3 aromatic rings. The summed E-state index contributed by atoms with van der Waals surface area (Å²) in [6.45, 7) is 0.411. The Labute approximate surface area is 218 Å². The maximum Gasteiger partial charge on any atom is 0.471 e. The van der Waals surface area contributed by atoms with E-state index in [-0.39, 0.29) is 16.2 Å². The summed E-state index contributed by atoms with van der Waals surface area (Å²) in [6.07, 6.45) is -3.61. The number of halogens is 3. The van der Waals surface area contributed by atoms with Gasteiger partial charge in [-0.1, -0.05) is 66.4 Å². The normalized spacial score (nSPS) is 17.7. The number of hydrogen-bond acceptors (Lipinski definition) is 6. The highest BCUT2D eigenvalue weighted by Gasteiger charge is 2.41. The zero-order chi connectivity index (χ0) is 26.7. The minimum Gasteiger partial charge on any atom is -0.479 e. The molecule has 1 aliphatic heterocycles. The van der Waals surface area contributed by atoms with Gasteiger partial charge in [0, 0.05) is 18.2 Å². The van der Waals surface area contributed by atoms with Gasteiger partial charge in [0.15, 0.2) is 6.04 Å². The highest BCUT2D eigenvalue weighted by atomic mass is 32.2. The molecule has 1 aliphatic rings. The average Bonchev–Trinajstić information content (AvgIpc) is 3.42. The number of nitrogens with zero attached hydrogens (tertiary/aromatic N) is 1. The van der Waals surface area contributed by atoms with Crippen LogP contribution < -0.4 is 5.32 Å². The summed E-state index contributed by atoms with van der Waals surface area (Å²) >= 11 is 5.79. The molecule has 0 spiro atoms. The highest BCUT2D eigenvalue weighted by Crippen LogP contribution is 2.39. The number of carbonyl (C=O) groups excluding carboxylic acids is 2. The third-order valence-electron chi connectivity index (χ3n) is 5.37. The van der Waals surface area contributed by atoms with E-state index < -0.39 is 24.1 Å². The van der Waals surface area contributed by atoms with Crippen LogP contribution in [0.25, 0.3) is 17.4 Å². The molecule has 0 unspecified atom stereocenters. The highest BCUT2D eigenvalue weighted by molar-refractivity contribution is 8.14. The van der Waals surface area contributed by atoms with E-state index in [4.69, 9.17) is 4.42 Å². The number of hydrogen-bond donors (Lipinski definition) is 3. The standard InChI is InChI=1S/C25H19F3N2O5S2/c26-25(27,28)23(34)29-20(22(32)33)16-8-6-15(7-9-16)18-11-10-17(35-18)12-19-21(31)30(24(36)37-19)13-14-4-2-1-3-5-14/h1-12,20,24,36H,13H2,(H,29,34)(H,32,33)/b19-12-/t20-,24-/m0/s1. The molecule has 0 saturated carbocycles. The lowest BCUT2D eigenvalue weighted by Gasteiger charge is -2.19. The zero-order valence-corrected chi connectivity index (χ0v) is 20.5. The molecule has 1 fully saturated rings. The van der Waals surface area contributed by atoms with Crippen LogP contribution in [0.4, 0.5) is 13.2 Å². The Morgan fingerprint density at radius 1 is 1.11 bits per heavy atom. The van der Waals surface area contributed by atoms with E-state index in [0.717, 1.165) is 5.56 Å². The molecule has 12 heteroatoms. The van der Waals surface area contributed by atoms with Crippen LogP contribution in [-0.4, -0.2) is 38.7 Å². The molecule has 1 aromatic heterocycles. The van der Waals surface area contributed by atoms with Crippen molar-refractivity contribution in [2.45, 2.75) is 23.5 Å². The lowest BCUT2D eigenvalue weighted by Crippen LogP contribution is -2.41. The van der Waals surface area contributed by atoms with Crippen molar-refractivity contribution in [1.82, 2.24) is 10.2 Å². The van der Waals surface area contributed by atoms with Crippen molar-refractivity contribution in [3.05, 3.63) is 88.5 Å². The second-order valence-electron chi connectivity index (χ2n) is 7.94. The van der Waals surface area contributed by atoms with Crippen LogP contribution in [0, 0.1) is 0 Å². The molecule has 0 aliphatic carbocycles. The van der Waals surface area contributed by atoms with Crippen LogP contribution in [-0.2, 0) is 20.9 Å². The monoisotopic (exact) mass is 548 g/mol. The molecule has 2 N–H and O–H groups in total. The summed E-state index contributed by atoms with van der Waals surface area (Å²) in [4.78, 5) is 37.6. The smallest absolute Gasteiger partial charge is 0.471 e. The van der Waals surface area contributed by atoms with Crippen molar-refractivity contribution in [3.63, 3.8) is 0 Å². The van der Waals surface area contributed by atoms with Crippen LogP contribution in [0.1, 0.15) is 22.9 Å². The Morgan fingerprint density at radius 2 is 1.78 bits per heavy atom. The lowest BCUT2D eigenvalue weighted by atomic mass is 10.0. The van der Waals surface area contributed by atoms with E-state index >= 15 is 0 Å². The number of alkyl halides is 3. The molecule has 1 saturated heterocycles. The lowest BCUT2D eigenvalue weighted by molar-refractivity contribution is -0.175. The number of aliphatic carboxylic acids is 1. The summed E-state index contributed by atoms with van der Waals surface area (Å²) < 4.78 is 43.1. The number of carboxylic acids is 1. The van der Waals surface area contributed by atoms with Crippen LogP contribution in [0.3, 0.4) is 0 Å². The van der Waals surface area contributed by atoms with Crippen molar-refractivity contribution in [3.8, 4) is 11.3 Å². The van der Waals surface area contributed by atoms with Gasteiger partial charge in [-0.15, -0.1) is 12.6 Å². The number of carbonyl (C=O) groups is 3. The Kier molecular flexibility index (Phi) is 7.69. The molecule has 0 bridgehead atoms. The van der Waals surface area contributed by atoms with E-state index in [0.29, 0.717) is 28.5 Å². The fraction of sp³-hybridized carbons (Fsp3) is 0.160. The van der Waals surface area contributed by atoms with E-state index in [2.05, 4.69) is 12.6 Å². The first-order valence-electron chi connectivity index (χ1n) is 10.7. The van der Waals surface area contributed by atoms with E-state index in [1.54, 1.807) is 23.1 Å². The summed E-state index contributed by atoms with van der Waals surface area (Å²) in [5, 5.41) is 10.7. The number of rotatable bonds is 7. The molecule has 2 aromatic carbocycles. The summed E-state index contributed by atoms with van der Waals surface area (Å²) in [5.74, 6) is -3.38. The van der Waals surface area contributed by atoms with Crippen molar-refractivity contribution in [2.24, 2.45) is 0 Å². The van der Waals surface area contributed by atoms with Gasteiger partial charge in [-0.25, -0.2) is 4.79 Å². The van der Waals surface area contributed by atoms with Gasteiger partial charge >= 0.3 is 18.1 Å². The summed E-state index contributed by atoms with van der Waals surface area (Å²) in [5.41, 5.74) is 1.44. The number of carboxylic acid groups (broad SMARTS) is 1. The molecule has 2 atom stereocenters. The SMILES string of the molecule is O=C(O)[C@@H](NC(=O)C(F)(F)F)c1ccc(-c2ccc(/C=C3\S[C@H](S)N(Cc4ccccc4)C3=O)o2)cc1. The van der Waals surface area contributed by atoms with E-state index in [9.17, 15) is 32.7 Å². The van der Waals surface area contributed by atoms with Crippen molar-refractivity contribution >= 4 is 48.3 Å². The van der Waals surface area contributed by atoms with Gasteiger partial charge in [-0.05, 0) is 23.3 Å². The third kappa shape index (κ3) is 6.20. The molecular weight excluding hydrogens is 529 g/mol. The first-order chi connectivity index (χ1) is 17.5. The largest absolute Gasteiger partial charge is 0.479 e. The van der Waals surface area contributed by atoms with Gasteiger partial charge in [0.2, 0.25) is 0 Å². The second-order valence-corrected chi connectivity index (χ2v) is 9.90. The average molecular weight is 549 g/mol. The molecule has 192 valence electrons. The van der Waals surface area contributed by atoms with E-state index in [1.165, 1.54) is 41.3 Å². The van der Waals surface area contributed by atoms with Crippen LogP contribution >= 0.6 is 24.4 Å². The van der Waals surface area contributed by atoms with Gasteiger partial charge in [-0.2, -0.15) is 13.2 Å². The molecule has 4 rings (SSSR count). The van der Waals surface area contributed by atoms with Crippen LogP contribution in [0.15, 0.2) is 76.1 Å². The van der Waals surface area contributed by atoms with Gasteiger partial charge in [0.1, 0.15) is 16.2 Å². The summed E-state index contributed by atoms with van der Waals surface area (Å²) in [6, 6.07) is 16.4. The minimum absolute atomic E-state index is 0.0472. The molecular formula is C25H19F3N2O5S2. The van der Waals surface area contributed by atoms with Crippen LogP contribution in [0.2, 0.25) is 0 Å². The Morgan fingerprint density at radius 3 is 2.41 bits per heavy atom. The number of thiol groups is 1. The van der Waals surface area contributed by atoms with Gasteiger partial charge in [-0.3, -0.25) is 9.59 Å². The molecule has 37 heavy (non-hydrogen) atoms. The van der Waals surface area contributed by atoms with Crippen LogP contribution in [0.5, 0.6) is 0 Å². The molecule has 2 heterocycles. The summed E-state index contributed by atoms with van der Waals surface area (Å²) in [7, 11) is 0. The first-order valence-corrected chi connectivity index (χ1v) is 12.1. The topological polar surface area (TPSA) is 99.9 Å². The fourth-order valence-corrected chi connectivity index (χ4v) is 5.00. The third-order valence-corrected chi connectivity index (χ3v) is 6.98. The van der Waals surface area contributed by atoms with E-state index in [1.807, 2.05) is 30.3 Å². The van der Waals surface area contributed by atoms with Gasteiger partial charge < -0.3 is 19.7 Å². The quantitative estimate of drug-likeness (QED) is 0.281. The molecule has 0 radical (unpaired) electrons. The number of nitrogens with one attached hydrogen (secondary N) is 1. The maximum atomic E-state index is 12.9. The maximum absolute atomic E-state index is 12.9. The number of furan rings is 1. The van der Waals surface area contributed by atoms with Crippen molar-refractivity contribution in [1.29, 1.82) is 0 Å². The number of amides is 2. The molecule has 2 amide bonds. The Balaban J connectivity index is 1.47. The number of benzene rings is 2. The van der Waals surface area contributed by atoms with Gasteiger partial charge in [0.25, 0.3) is 5.91 Å². The zero-order valence-electron chi connectivity index (χ0n) is 18.8. The molecule has 7 nitrogen and oxygen atoms in total. The Bertz CT molecular complexity index is 1340. The van der Waals surface area contributed by atoms with Gasteiger partial charge in [0.05, 0.1) is 4.91 Å².